The molecule has 0 fully saturated rings. The molecule has 1 aromatic rings. The van der Waals surface area contributed by atoms with Gasteiger partial charge in [0.05, 0.1) is 0 Å². The third kappa shape index (κ3) is 2.76. The first kappa shape index (κ1) is 14.4. The Hall–Kier alpha value is -1.57. The Balaban J connectivity index is 2.26. The Labute approximate surface area is 126 Å². The van der Waals surface area contributed by atoms with Crippen molar-refractivity contribution in [2.24, 2.45) is 11.8 Å². The minimum absolute atomic E-state index is 0.262. The highest BCUT2D eigenvalue weighted by molar-refractivity contribution is 5.78. The monoisotopic (exact) mass is 283 g/mol. The van der Waals surface area contributed by atoms with E-state index in [0.717, 1.165) is 25.3 Å². The molecule has 2 aliphatic rings. The van der Waals surface area contributed by atoms with Crippen LogP contribution < -0.4 is 10.6 Å². The molecule has 2 heteroatoms. The van der Waals surface area contributed by atoms with Crippen LogP contribution in [0.3, 0.4) is 0 Å². The number of allylic oxidation sites excluding steroid dienone is 2. The predicted octanol–water partition coefficient (Wildman–Crippen LogP) is 2.36. The molecule has 0 spiro atoms. The molecule has 21 heavy (non-hydrogen) atoms. The molecule has 0 radical (unpaired) electrons. The third-order valence-corrected chi connectivity index (χ3v) is 4.75. The summed E-state index contributed by atoms with van der Waals surface area (Å²) in [5.74, 6) is 1.57. The molecular formula is C19H25NO. The number of hydrogen-bond donors (Lipinski definition) is 0. The lowest BCUT2D eigenvalue weighted by Gasteiger charge is -2.23. The van der Waals surface area contributed by atoms with E-state index >= 15 is 0 Å². The Morgan fingerprint density at radius 3 is 2.95 bits per heavy atom. The normalized spacial score (nSPS) is 28.9. The number of fused-ring (bicyclic) bond motifs is 3. The molecule has 2 atom stereocenters. The van der Waals surface area contributed by atoms with Crippen LogP contribution in [0.4, 0.5) is 0 Å². The Bertz CT molecular complexity index is 705. The molecule has 0 N–H and O–H groups in total. The SMILES string of the molecule is CC(=O)Cc1c2n(c3/c1=C\C=C/C(C)C/C=3)C[C@H](C)CC2. The van der Waals surface area contributed by atoms with Crippen molar-refractivity contribution < 1.29 is 4.79 Å². The summed E-state index contributed by atoms with van der Waals surface area (Å²) in [5, 5.41) is 2.64. The highest BCUT2D eigenvalue weighted by Gasteiger charge is 2.22. The number of nitrogens with zero attached hydrogens (tertiary/aromatic N) is 1. The first-order valence-electron chi connectivity index (χ1n) is 8.14. The van der Waals surface area contributed by atoms with E-state index in [9.17, 15) is 4.79 Å². The van der Waals surface area contributed by atoms with Gasteiger partial charge in [-0.05, 0) is 43.6 Å². The van der Waals surface area contributed by atoms with Gasteiger partial charge < -0.3 is 4.57 Å². The number of carbonyl (C=O) groups excluding carboxylic acids is 1. The molecule has 0 saturated carbocycles. The summed E-state index contributed by atoms with van der Waals surface area (Å²) in [6, 6.07) is 0. The van der Waals surface area contributed by atoms with Crippen molar-refractivity contribution in [3.05, 3.63) is 34.0 Å². The Morgan fingerprint density at radius 2 is 2.19 bits per heavy atom. The van der Waals surface area contributed by atoms with E-state index in [1.54, 1.807) is 6.92 Å². The number of hydrogen-bond acceptors (Lipinski definition) is 1. The van der Waals surface area contributed by atoms with Gasteiger partial charge >= 0.3 is 0 Å². The Kier molecular flexibility index (Phi) is 3.88. The summed E-state index contributed by atoms with van der Waals surface area (Å²) in [6.07, 6.45) is 13.0. The van der Waals surface area contributed by atoms with Crippen molar-refractivity contribution >= 4 is 17.9 Å². The van der Waals surface area contributed by atoms with Gasteiger partial charge in [-0.15, -0.1) is 0 Å². The fourth-order valence-electron chi connectivity index (χ4n) is 3.61. The van der Waals surface area contributed by atoms with E-state index in [2.05, 4.69) is 42.7 Å². The van der Waals surface area contributed by atoms with Crippen molar-refractivity contribution in [2.75, 3.05) is 0 Å². The van der Waals surface area contributed by atoms with Crippen LogP contribution in [0.2, 0.25) is 0 Å². The number of Topliss-reactive ketones (excluding diaryl/α,β-unsaturated/α-hetero) is 1. The van der Waals surface area contributed by atoms with Gasteiger partial charge in [0.2, 0.25) is 0 Å². The van der Waals surface area contributed by atoms with Gasteiger partial charge in [-0.3, -0.25) is 4.79 Å². The van der Waals surface area contributed by atoms with Gasteiger partial charge in [0.1, 0.15) is 5.78 Å². The molecule has 0 bridgehead atoms. The van der Waals surface area contributed by atoms with Crippen LogP contribution in [0.15, 0.2) is 12.2 Å². The molecule has 1 aliphatic heterocycles. The second-order valence-electron chi connectivity index (χ2n) is 6.83. The molecule has 1 aliphatic carbocycles. The minimum atomic E-state index is 0.262. The summed E-state index contributed by atoms with van der Waals surface area (Å²) >= 11 is 0. The average Bonchev–Trinajstić information content (AvgIpc) is 2.66. The summed E-state index contributed by atoms with van der Waals surface area (Å²) in [5.41, 5.74) is 2.68. The van der Waals surface area contributed by atoms with Crippen LogP contribution >= 0.6 is 0 Å². The van der Waals surface area contributed by atoms with Crippen LogP contribution in [-0.4, -0.2) is 10.4 Å². The second kappa shape index (κ2) is 5.67. The predicted molar refractivity (Wildman–Crippen MR) is 87.4 cm³/mol. The maximum Gasteiger partial charge on any atom is 0.134 e. The lowest BCUT2D eigenvalue weighted by molar-refractivity contribution is -0.116. The Morgan fingerprint density at radius 1 is 1.38 bits per heavy atom. The topological polar surface area (TPSA) is 22.0 Å². The lowest BCUT2D eigenvalue weighted by Crippen LogP contribution is -2.33. The molecule has 0 amide bonds. The van der Waals surface area contributed by atoms with Gasteiger partial charge in [-0.1, -0.05) is 38.2 Å². The molecule has 0 saturated heterocycles. The van der Waals surface area contributed by atoms with E-state index in [4.69, 9.17) is 0 Å². The van der Waals surface area contributed by atoms with Gasteiger partial charge in [0, 0.05) is 29.2 Å². The number of aromatic nitrogens is 1. The zero-order valence-corrected chi connectivity index (χ0v) is 13.4. The average molecular weight is 283 g/mol. The molecule has 2 heterocycles. The molecule has 3 rings (SSSR count). The molecule has 1 unspecified atom stereocenters. The quantitative estimate of drug-likeness (QED) is 0.816. The van der Waals surface area contributed by atoms with Gasteiger partial charge in [-0.2, -0.15) is 0 Å². The fourth-order valence-corrected chi connectivity index (χ4v) is 3.61. The van der Waals surface area contributed by atoms with E-state index in [1.807, 2.05) is 0 Å². The van der Waals surface area contributed by atoms with Gasteiger partial charge in [0.25, 0.3) is 0 Å². The van der Waals surface area contributed by atoms with Crippen LogP contribution in [-0.2, 0) is 24.2 Å². The van der Waals surface area contributed by atoms with E-state index in [1.165, 1.54) is 28.2 Å². The van der Waals surface area contributed by atoms with E-state index < -0.39 is 0 Å². The minimum Gasteiger partial charge on any atom is -0.344 e. The van der Waals surface area contributed by atoms with E-state index in [-0.39, 0.29) is 5.78 Å². The zero-order chi connectivity index (χ0) is 15.0. The largest absolute Gasteiger partial charge is 0.344 e. The van der Waals surface area contributed by atoms with Crippen LogP contribution in [0, 0.1) is 11.8 Å². The number of rotatable bonds is 2. The molecular weight excluding hydrogens is 258 g/mol. The highest BCUT2D eigenvalue weighted by Crippen LogP contribution is 2.20. The first-order valence-corrected chi connectivity index (χ1v) is 8.14. The lowest BCUT2D eigenvalue weighted by atomic mass is 9.96. The zero-order valence-electron chi connectivity index (χ0n) is 13.4. The maximum absolute atomic E-state index is 11.7. The first-order chi connectivity index (χ1) is 10.1. The standard InChI is InChI=1S/C19H25NO/c1-13-5-4-6-16-17(11-15(3)21)19-10-8-14(2)12-20(19)18(16)9-7-13/h4-6,9,13-14H,7-8,10-12H2,1-3H3/b5-4-,16-6-,18-9-/t13?,14-/m1/s1. The fraction of sp³-hybridized carbons (Fsp3) is 0.526. The van der Waals surface area contributed by atoms with Gasteiger partial charge in [0.15, 0.2) is 0 Å². The van der Waals surface area contributed by atoms with Crippen molar-refractivity contribution in [3.63, 3.8) is 0 Å². The van der Waals surface area contributed by atoms with Crippen LogP contribution in [0.25, 0.3) is 12.2 Å². The molecule has 0 aromatic carbocycles. The van der Waals surface area contributed by atoms with Crippen LogP contribution in [0.5, 0.6) is 0 Å². The molecule has 1 aromatic heterocycles. The number of ketones is 1. The maximum atomic E-state index is 11.7. The van der Waals surface area contributed by atoms with Crippen molar-refractivity contribution in [3.8, 4) is 0 Å². The number of carbonyl (C=O) groups is 1. The summed E-state index contributed by atoms with van der Waals surface area (Å²) in [7, 11) is 0. The summed E-state index contributed by atoms with van der Waals surface area (Å²) in [6.45, 7) is 7.38. The highest BCUT2D eigenvalue weighted by atomic mass is 16.1. The summed E-state index contributed by atoms with van der Waals surface area (Å²) < 4.78 is 2.49. The van der Waals surface area contributed by atoms with Crippen LogP contribution in [0.1, 0.15) is 44.9 Å². The van der Waals surface area contributed by atoms with E-state index in [0.29, 0.717) is 12.3 Å². The van der Waals surface area contributed by atoms with Gasteiger partial charge in [-0.25, -0.2) is 0 Å². The van der Waals surface area contributed by atoms with Crippen molar-refractivity contribution in [1.82, 2.24) is 4.57 Å². The smallest absolute Gasteiger partial charge is 0.134 e. The second-order valence-corrected chi connectivity index (χ2v) is 6.83. The molecule has 112 valence electrons. The molecule has 2 nitrogen and oxygen atoms in total. The third-order valence-electron chi connectivity index (χ3n) is 4.75. The summed E-state index contributed by atoms with van der Waals surface area (Å²) in [4.78, 5) is 11.7. The van der Waals surface area contributed by atoms with Crippen molar-refractivity contribution in [1.29, 1.82) is 0 Å². The van der Waals surface area contributed by atoms with Crippen molar-refractivity contribution in [2.45, 2.75) is 53.0 Å².